The van der Waals surface area contributed by atoms with E-state index in [0.29, 0.717) is 21.7 Å². The second kappa shape index (κ2) is 6.58. The molecule has 0 saturated carbocycles. The topological polar surface area (TPSA) is 95.3 Å². The third-order valence-corrected chi connectivity index (χ3v) is 4.86. The number of hydrogen-bond donors (Lipinski definition) is 3. The molecule has 6 nitrogen and oxygen atoms in total. The van der Waals surface area contributed by atoms with E-state index in [1.165, 1.54) is 18.2 Å². The van der Waals surface area contributed by atoms with Crippen molar-refractivity contribution in [2.75, 3.05) is 0 Å². The zero-order valence-corrected chi connectivity index (χ0v) is 15.5. The molecule has 0 aliphatic heterocycles. The maximum absolute atomic E-state index is 12.6. The van der Waals surface area contributed by atoms with Crippen LogP contribution in [0.5, 0.6) is 5.75 Å². The quantitative estimate of drug-likeness (QED) is 0.481. The summed E-state index contributed by atoms with van der Waals surface area (Å²) in [6.07, 6.45) is 0. The van der Waals surface area contributed by atoms with Crippen LogP contribution in [-0.2, 0) is 0 Å². The van der Waals surface area contributed by atoms with Crippen molar-refractivity contribution in [2.24, 2.45) is 0 Å². The summed E-state index contributed by atoms with van der Waals surface area (Å²) in [6, 6.07) is 15.0. The third-order valence-electron chi connectivity index (χ3n) is 4.58. The molecular formula is C21H15ClN2O4. The zero-order chi connectivity index (χ0) is 20.0. The van der Waals surface area contributed by atoms with Crippen molar-refractivity contribution in [1.82, 2.24) is 9.55 Å². The number of aromatic amines is 1. The molecule has 140 valence electrons. The summed E-state index contributed by atoms with van der Waals surface area (Å²) in [5, 5.41) is 20.5. The van der Waals surface area contributed by atoms with E-state index in [0.717, 1.165) is 11.3 Å². The number of pyridine rings is 1. The van der Waals surface area contributed by atoms with Gasteiger partial charge in [-0.1, -0.05) is 41.4 Å². The van der Waals surface area contributed by atoms with Crippen molar-refractivity contribution in [3.8, 4) is 22.6 Å². The van der Waals surface area contributed by atoms with Gasteiger partial charge < -0.3 is 15.2 Å². The highest BCUT2D eigenvalue weighted by Crippen LogP contribution is 2.37. The molecule has 0 unspecified atom stereocenters. The molecule has 2 heterocycles. The van der Waals surface area contributed by atoms with Crippen molar-refractivity contribution in [1.29, 1.82) is 0 Å². The Morgan fingerprint density at radius 1 is 1.11 bits per heavy atom. The molecule has 0 atom stereocenters. The molecule has 28 heavy (non-hydrogen) atoms. The Balaban J connectivity index is 2.03. The number of aromatic carboxylic acids is 1. The number of fused-ring (bicyclic) bond motifs is 1. The van der Waals surface area contributed by atoms with E-state index in [1.807, 2.05) is 31.2 Å². The normalized spacial score (nSPS) is 11.1. The highest BCUT2D eigenvalue weighted by molar-refractivity contribution is 6.31. The van der Waals surface area contributed by atoms with Crippen LogP contribution >= 0.6 is 11.6 Å². The van der Waals surface area contributed by atoms with E-state index in [9.17, 15) is 19.8 Å². The van der Waals surface area contributed by atoms with Crippen molar-refractivity contribution in [3.63, 3.8) is 0 Å². The van der Waals surface area contributed by atoms with Crippen molar-refractivity contribution < 1.29 is 15.0 Å². The lowest BCUT2D eigenvalue weighted by atomic mass is 10.0. The molecule has 7 heteroatoms. The number of nitrogens with zero attached hydrogens (tertiary/aromatic N) is 1. The highest BCUT2D eigenvalue weighted by Gasteiger charge is 2.20. The minimum atomic E-state index is -1.12. The first-order valence-electron chi connectivity index (χ1n) is 8.44. The lowest BCUT2D eigenvalue weighted by Crippen LogP contribution is -2.10. The Bertz CT molecular complexity index is 1290. The predicted molar refractivity (Wildman–Crippen MR) is 108 cm³/mol. The van der Waals surface area contributed by atoms with Gasteiger partial charge in [0, 0.05) is 5.69 Å². The number of rotatable bonds is 3. The number of benzene rings is 2. The Morgan fingerprint density at radius 2 is 1.82 bits per heavy atom. The van der Waals surface area contributed by atoms with Crippen LogP contribution < -0.4 is 5.56 Å². The average Bonchev–Trinajstić information content (AvgIpc) is 2.98. The monoisotopic (exact) mass is 394 g/mol. The maximum atomic E-state index is 12.6. The van der Waals surface area contributed by atoms with E-state index < -0.39 is 11.5 Å². The first-order valence-corrected chi connectivity index (χ1v) is 8.81. The van der Waals surface area contributed by atoms with Gasteiger partial charge in [0.25, 0.3) is 5.56 Å². The van der Waals surface area contributed by atoms with Gasteiger partial charge >= 0.3 is 5.97 Å². The Kier molecular flexibility index (Phi) is 4.20. The first kappa shape index (κ1) is 17.9. The van der Waals surface area contributed by atoms with Crippen molar-refractivity contribution in [2.45, 2.75) is 6.92 Å². The van der Waals surface area contributed by atoms with Crippen LogP contribution in [0.4, 0.5) is 0 Å². The van der Waals surface area contributed by atoms with Crippen molar-refractivity contribution in [3.05, 3.63) is 81.2 Å². The molecule has 0 radical (unpaired) electrons. The largest absolute Gasteiger partial charge is 0.505 e. The highest BCUT2D eigenvalue weighted by atomic mass is 35.5. The molecule has 0 amide bonds. The number of halogens is 1. The molecule has 2 aromatic carbocycles. The molecule has 4 rings (SSSR count). The molecular weight excluding hydrogens is 380 g/mol. The average molecular weight is 395 g/mol. The molecule has 0 spiro atoms. The van der Waals surface area contributed by atoms with Gasteiger partial charge in [-0.3, -0.25) is 9.36 Å². The third kappa shape index (κ3) is 2.84. The van der Waals surface area contributed by atoms with Crippen LogP contribution in [0, 0.1) is 6.92 Å². The molecule has 0 aliphatic rings. The molecule has 0 aliphatic carbocycles. The van der Waals surface area contributed by atoms with Gasteiger partial charge in [0.15, 0.2) is 5.75 Å². The predicted octanol–water partition coefficient (Wildman–Crippen LogP) is 4.35. The second-order valence-corrected chi connectivity index (χ2v) is 6.85. The van der Waals surface area contributed by atoms with Crippen molar-refractivity contribution >= 4 is 28.6 Å². The Hall–Kier alpha value is -3.51. The summed E-state index contributed by atoms with van der Waals surface area (Å²) in [7, 11) is 0. The number of carboxylic acids is 1. The molecule has 0 bridgehead atoms. The van der Waals surface area contributed by atoms with Gasteiger partial charge in [-0.2, -0.15) is 0 Å². The fourth-order valence-electron chi connectivity index (χ4n) is 3.24. The minimum Gasteiger partial charge on any atom is -0.505 e. The van der Waals surface area contributed by atoms with E-state index in [-0.39, 0.29) is 16.9 Å². The van der Waals surface area contributed by atoms with E-state index in [2.05, 4.69) is 4.98 Å². The fraction of sp³-hybridized carbons (Fsp3) is 0.0476. The number of carboxylic acid groups (broad SMARTS) is 1. The number of aryl methyl sites for hydroxylation is 1. The fourth-order valence-corrected chi connectivity index (χ4v) is 3.53. The van der Waals surface area contributed by atoms with Crippen LogP contribution in [0.15, 0.2) is 59.4 Å². The van der Waals surface area contributed by atoms with Gasteiger partial charge in [0.2, 0.25) is 0 Å². The van der Waals surface area contributed by atoms with Crippen LogP contribution in [-0.4, -0.2) is 25.7 Å². The standard InChI is InChI=1S/C21H15ClN2O4/c1-11-5-7-14(8-6-11)24-16(22)10-15-18(24)19(25)17(20(26)23-15)12-3-2-4-13(9-12)21(27)28/h2-10H,1H3,(H,27,28)(H2,23,25,26). The van der Waals surface area contributed by atoms with E-state index in [4.69, 9.17) is 11.6 Å². The number of hydrogen-bond acceptors (Lipinski definition) is 3. The SMILES string of the molecule is Cc1ccc(-n2c(Cl)cc3[nH]c(=O)c(-c4cccc(C(=O)O)c4)c(O)c32)cc1. The molecule has 2 aromatic heterocycles. The van der Waals surface area contributed by atoms with Gasteiger partial charge in [-0.25, -0.2) is 4.79 Å². The summed E-state index contributed by atoms with van der Waals surface area (Å²) < 4.78 is 1.63. The molecule has 0 fully saturated rings. The molecule has 3 N–H and O–H groups in total. The number of aromatic nitrogens is 2. The Labute approximate surface area is 164 Å². The van der Waals surface area contributed by atoms with Crippen LogP contribution in [0.1, 0.15) is 15.9 Å². The lowest BCUT2D eigenvalue weighted by Gasteiger charge is -2.11. The number of carbonyl (C=O) groups is 1. The first-order chi connectivity index (χ1) is 13.4. The molecule has 0 saturated heterocycles. The van der Waals surface area contributed by atoms with Crippen LogP contribution in [0.2, 0.25) is 5.15 Å². The number of nitrogens with one attached hydrogen (secondary N) is 1. The smallest absolute Gasteiger partial charge is 0.335 e. The van der Waals surface area contributed by atoms with Gasteiger partial charge in [-0.15, -0.1) is 0 Å². The maximum Gasteiger partial charge on any atom is 0.335 e. The number of H-pyrrole nitrogens is 1. The summed E-state index contributed by atoms with van der Waals surface area (Å²) in [5.41, 5.74) is 2.27. The lowest BCUT2D eigenvalue weighted by molar-refractivity contribution is 0.0697. The van der Waals surface area contributed by atoms with E-state index in [1.54, 1.807) is 16.7 Å². The van der Waals surface area contributed by atoms with E-state index >= 15 is 0 Å². The minimum absolute atomic E-state index is 0.0151. The summed E-state index contributed by atoms with van der Waals surface area (Å²) in [5.74, 6) is -1.39. The van der Waals surface area contributed by atoms with Gasteiger partial charge in [0.05, 0.1) is 16.6 Å². The second-order valence-electron chi connectivity index (χ2n) is 6.46. The van der Waals surface area contributed by atoms with Crippen LogP contribution in [0.25, 0.3) is 27.8 Å². The Morgan fingerprint density at radius 3 is 2.50 bits per heavy atom. The summed E-state index contributed by atoms with van der Waals surface area (Å²) in [6.45, 7) is 1.96. The summed E-state index contributed by atoms with van der Waals surface area (Å²) in [4.78, 5) is 26.6. The van der Waals surface area contributed by atoms with Gasteiger partial charge in [-0.05, 0) is 42.8 Å². The summed E-state index contributed by atoms with van der Waals surface area (Å²) >= 11 is 6.38. The van der Waals surface area contributed by atoms with Gasteiger partial charge in [0.1, 0.15) is 10.7 Å². The molecule has 4 aromatic rings. The zero-order valence-electron chi connectivity index (χ0n) is 14.7. The number of aromatic hydroxyl groups is 1. The van der Waals surface area contributed by atoms with Crippen LogP contribution in [0.3, 0.4) is 0 Å².